The first-order chi connectivity index (χ1) is 7.74. The lowest BCUT2D eigenvalue weighted by Crippen LogP contribution is -2.06. The van der Waals surface area contributed by atoms with Gasteiger partial charge in [-0.25, -0.2) is 15.0 Å². The van der Waals surface area contributed by atoms with Crippen molar-refractivity contribution in [3.05, 3.63) is 33.1 Å². The standard InChI is InChI=1S/C10H11BrN4S/c1-7-15-8(5-16-7)2-3-12-10-4-9(11)13-6-14-10/h4-6H,2-3H2,1H3,(H,12,13,14). The predicted octanol–water partition coefficient (Wildman–Crippen LogP) is 2.66. The number of anilines is 1. The maximum Gasteiger partial charge on any atom is 0.130 e. The molecule has 0 amide bonds. The molecule has 6 heteroatoms. The van der Waals surface area contributed by atoms with E-state index in [4.69, 9.17) is 0 Å². The Bertz CT molecular complexity index is 471. The van der Waals surface area contributed by atoms with Gasteiger partial charge < -0.3 is 5.32 Å². The van der Waals surface area contributed by atoms with E-state index in [0.717, 1.165) is 34.1 Å². The van der Waals surface area contributed by atoms with Gasteiger partial charge in [-0.15, -0.1) is 11.3 Å². The van der Waals surface area contributed by atoms with E-state index in [9.17, 15) is 0 Å². The van der Waals surface area contributed by atoms with Crippen LogP contribution in [-0.4, -0.2) is 21.5 Å². The molecule has 0 radical (unpaired) electrons. The van der Waals surface area contributed by atoms with E-state index in [1.54, 1.807) is 11.3 Å². The highest BCUT2D eigenvalue weighted by molar-refractivity contribution is 9.10. The average molecular weight is 299 g/mol. The second-order valence-electron chi connectivity index (χ2n) is 3.26. The lowest BCUT2D eigenvalue weighted by molar-refractivity contribution is 0.955. The van der Waals surface area contributed by atoms with Crippen LogP contribution in [0.4, 0.5) is 5.82 Å². The maximum absolute atomic E-state index is 4.40. The van der Waals surface area contributed by atoms with E-state index in [-0.39, 0.29) is 0 Å². The summed E-state index contributed by atoms with van der Waals surface area (Å²) < 4.78 is 0.787. The van der Waals surface area contributed by atoms with Crippen LogP contribution in [0.3, 0.4) is 0 Å². The van der Waals surface area contributed by atoms with E-state index >= 15 is 0 Å². The van der Waals surface area contributed by atoms with Gasteiger partial charge in [-0.2, -0.15) is 0 Å². The molecule has 0 spiro atoms. The number of hydrogen-bond donors (Lipinski definition) is 1. The Morgan fingerprint density at radius 3 is 3.00 bits per heavy atom. The third kappa shape index (κ3) is 3.24. The number of hydrogen-bond acceptors (Lipinski definition) is 5. The van der Waals surface area contributed by atoms with Crippen molar-refractivity contribution < 1.29 is 0 Å². The average Bonchev–Trinajstić information content (AvgIpc) is 2.64. The van der Waals surface area contributed by atoms with E-state index in [1.807, 2.05) is 13.0 Å². The Kier molecular flexibility index (Phi) is 3.84. The van der Waals surface area contributed by atoms with Crippen LogP contribution in [0.1, 0.15) is 10.7 Å². The lowest BCUT2D eigenvalue weighted by Gasteiger charge is -2.03. The van der Waals surface area contributed by atoms with Crippen LogP contribution in [-0.2, 0) is 6.42 Å². The molecule has 0 aliphatic heterocycles. The molecule has 0 aliphatic rings. The van der Waals surface area contributed by atoms with Crippen molar-refractivity contribution in [3.63, 3.8) is 0 Å². The molecule has 1 N–H and O–H groups in total. The molecular weight excluding hydrogens is 288 g/mol. The van der Waals surface area contributed by atoms with Crippen molar-refractivity contribution in [3.8, 4) is 0 Å². The van der Waals surface area contributed by atoms with Crippen molar-refractivity contribution in [1.29, 1.82) is 0 Å². The molecule has 0 aliphatic carbocycles. The number of nitrogens with zero attached hydrogens (tertiary/aromatic N) is 3. The maximum atomic E-state index is 4.40. The molecule has 4 nitrogen and oxygen atoms in total. The van der Waals surface area contributed by atoms with Crippen LogP contribution >= 0.6 is 27.3 Å². The first-order valence-corrected chi connectivity index (χ1v) is 6.54. The monoisotopic (exact) mass is 298 g/mol. The highest BCUT2D eigenvalue weighted by Crippen LogP contribution is 2.11. The van der Waals surface area contributed by atoms with E-state index in [1.165, 1.54) is 6.33 Å². The third-order valence-corrected chi connectivity index (χ3v) is 3.24. The second-order valence-corrected chi connectivity index (χ2v) is 5.14. The summed E-state index contributed by atoms with van der Waals surface area (Å²) in [5.41, 5.74) is 1.13. The summed E-state index contributed by atoms with van der Waals surface area (Å²) in [6.45, 7) is 2.84. The molecule has 16 heavy (non-hydrogen) atoms. The molecule has 2 aromatic heterocycles. The molecule has 2 aromatic rings. The zero-order valence-corrected chi connectivity index (χ0v) is 11.2. The van der Waals surface area contributed by atoms with E-state index in [0.29, 0.717) is 0 Å². The fraction of sp³-hybridized carbons (Fsp3) is 0.300. The predicted molar refractivity (Wildman–Crippen MR) is 68.8 cm³/mol. The Morgan fingerprint density at radius 2 is 2.31 bits per heavy atom. The number of thiazole rings is 1. The molecule has 0 saturated carbocycles. The Balaban J connectivity index is 1.84. The summed E-state index contributed by atoms with van der Waals surface area (Å²) in [4.78, 5) is 12.5. The van der Waals surface area contributed by atoms with Gasteiger partial charge in [0.25, 0.3) is 0 Å². The summed E-state index contributed by atoms with van der Waals surface area (Å²) in [6, 6.07) is 1.85. The highest BCUT2D eigenvalue weighted by Gasteiger charge is 1.99. The molecule has 0 saturated heterocycles. The minimum Gasteiger partial charge on any atom is -0.370 e. The number of halogens is 1. The number of aryl methyl sites for hydroxylation is 1. The van der Waals surface area contributed by atoms with Crippen LogP contribution < -0.4 is 5.32 Å². The van der Waals surface area contributed by atoms with Crippen molar-refractivity contribution in [1.82, 2.24) is 15.0 Å². The second kappa shape index (κ2) is 5.36. The van der Waals surface area contributed by atoms with E-state index < -0.39 is 0 Å². The quantitative estimate of drug-likeness (QED) is 0.882. The summed E-state index contributed by atoms with van der Waals surface area (Å²) in [5, 5.41) is 6.43. The molecule has 2 heterocycles. The Hall–Kier alpha value is -1.01. The molecule has 0 fully saturated rings. The molecule has 0 bridgehead atoms. The van der Waals surface area contributed by atoms with Crippen LogP contribution in [0.5, 0.6) is 0 Å². The highest BCUT2D eigenvalue weighted by atomic mass is 79.9. The molecular formula is C10H11BrN4S. The minimum atomic E-state index is 0.787. The smallest absolute Gasteiger partial charge is 0.130 e. The van der Waals surface area contributed by atoms with Gasteiger partial charge in [0.1, 0.15) is 16.7 Å². The fourth-order valence-corrected chi connectivity index (χ4v) is 2.23. The minimum absolute atomic E-state index is 0.787. The summed E-state index contributed by atoms with van der Waals surface area (Å²) in [5.74, 6) is 0.828. The van der Waals surface area contributed by atoms with Crippen LogP contribution in [0.25, 0.3) is 0 Å². The normalized spacial score (nSPS) is 10.4. The largest absolute Gasteiger partial charge is 0.370 e. The molecule has 0 aromatic carbocycles. The summed E-state index contributed by atoms with van der Waals surface area (Å²) in [6.07, 6.45) is 2.44. The number of nitrogens with one attached hydrogen (secondary N) is 1. The fourth-order valence-electron chi connectivity index (χ4n) is 1.27. The first-order valence-electron chi connectivity index (χ1n) is 4.86. The molecule has 0 atom stereocenters. The van der Waals surface area contributed by atoms with Gasteiger partial charge in [0.2, 0.25) is 0 Å². The number of aromatic nitrogens is 3. The van der Waals surface area contributed by atoms with Crippen molar-refractivity contribution >= 4 is 33.1 Å². The first kappa shape index (κ1) is 11.5. The lowest BCUT2D eigenvalue weighted by atomic mass is 10.3. The molecule has 84 valence electrons. The van der Waals surface area contributed by atoms with Gasteiger partial charge >= 0.3 is 0 Å². The van der Waals surface area contributed by atoms with Gasteiger partial charge in [0.15, 0.2) is 0 Å². The Labute approximate surface area is 106 Å². The van der Waals surface area contributed by atoms with Crippen LogP contribution in [0, 0.1) is 6.92 Å². The van der Waals surface area contributed by atoms with Gasteiger partial charge in [-0.3, -0.25) is 0 Å². The van der Waals surface area contributed by atoms with Crippen molar-refractivity contribution in [2.24, 2.45) is 0 Å². The van der Waals surface area contributed by atoms with Crippen molar-refractivity contribution in [2.75, 3.05) is 11.9 Å². The zero-order chi connectivity index (χ0) is 11.4. The third-order valence-electron chi connectivity index (χ3n) is 1.99. The van der Waals surface area contributed by atoms with Crippen molar-refractivity contribution in [2.45, 2.75) is 13.3 Å². The van der Waals surface area contributed by atoms with Crippen LogP contribution in [0.15, 0.2) is 22.4 Å². The van der Waals surface area contributed by atoms with Crippen LogP contribution in [0.2, 0.25) is 0 Å². The zero-order valence-electron chi connectivity index (χ0n) is 8.77. The molecule has 2 rings (SSSR count). The van der Waals surface area contributed by atoms with Gasteiger partial charge in [0, 0.05) is 24.4 Å². The van der Waals surface area contributed by atoms with E-state index in [2.05, 4.69) is 41.6 Å². The summed E-state index contributed by atoms with van der Waals surface area (Å²) in [7, 11) is 0. The molecule has 0 unspecified atom stereocenters. The SMILES string of the molecule is Cc1nc(CCNc2cc(Br)ncn2)cs1. The topological polar surface area (TPSA) is 50.7 Å². The van der Waals surface area contributed by atoms with Gasteiger partial charge in [-0.05, 0) is 22.9 Å². The van der Waals surface area contributed by atoms with Gasteiger partial charge in [-0.1, -0.05) is 0 Å². The summed E-state index contributed by atoms with van der Waals surface area (Å²) >= 11 is 4.98. The number of rotatable bonds is 4. The Morgan fingerprint density at radius 1 is 1.44 bits per heavy atom. The van der Waals surface area contributed by atoms with Gasteiger partial charge in [0.05, 0.1) is 10.7 Å².